The van der Waals surface area contributed by atoms with Crippen molar-refractivity contribution in [2.75, 3.05) is 19.8 Å². The zero-order valence-electron chi connectivity index (χ0n) is 5.63. The quantitative estimate of drug-likeness (QED) is 0.497. The molecule has 0 amide bonds. The highest BCUT2D eigenvalue weighted by atomic mass is 16.5. The van der Waals surface area contributed by atoms with Gasteiger partial charge in [-0.25, -0.2) is 0 Å². The maximum Gasteiger partial charge on any atom is 0.0956 e. The van der Waals surface area contributed by atoms with Gasteiger partial charge in [-0.05, 0) is 6.92 Å². The molecule has 2 N–H and O–H groups in total. The summed E-state index contributed by atoms with van der Waals surface area (Å²) in [6, 6.07) is 0.295. The number of morpholine rings is 1. The minimum Gasteiger partial charge on any atom is -0.394 e. The first-order chi connectivity index (χ1) is 4.34. The second-order valence-electron chi connectivity index (χ2n) is 2.33. The third kappa shape index (κ3) is 1.64. The first-order valence-electron chi connectivity index (χ1n) is 3.30. The Morgan fingerprint density at radius 1 is 1.78 bits per heavy atom. The zero-order valence-corrected chi connectivity index (χ0v) is 5.63. The highest BCUT2D eigenvalue weighted by Gasteiger charge is 2.19. The first kappa shape index (κ1) is 6.99. The molecule has 3 heteroatoms. The molecule has 0 aromatic carbocycles. The summed E-state index contributed by atoms with van der Waals surface area (Å²) in [5.41, 5.74) is 0. The summed E-state index contributed by atoms with van der Waals surface area (Å²) in [5, 5.41) is 11.9. The Morgan fingerprint density at radius 3 is 3.00 bits per heavy atom. The average Bonchev–Trinajstić information content (AvgIpc) is 1.89. The summed E-state index contributed by atoms with van der Waals surface area (Å²) in [6.07, 6.45) is -0.00116. The van der Waals surface area contributed by atoms with E-state index in [1.165, 1.54) is 0 Å². The second-order valence-corrected chi connectivity index (χ2v) is 2.33. The predicted octanol–water partition coefficient (Wildman–Crippen LogP) is -0.644. The van der Waals surface area contributed by atoms with E-state index in [9.17, 15) is 0 Å². The Bertz CT molecular complexity index is 87.1. The molecule has 2 atom stereocenters. The summed E-state index contributed by atoms with van der Waals surface area (Å²) in [7, 11) is 0. The fourth-order valence-corrected chi connectivity index (χ4v) is 0.983. The molecule has 0 aliphatic carbocycles. The molecule has 54 valence electrons. The summed E-state index contributed by atoms with van der Waals surface area (Å²) in [6.45, 7) is 3.75. The van der Waals surface area contributed by atoms with E-state index in [-0.39, 0.29) is 12.7 Å². The monoisotopic (exact) mass is 131 g/mol. The van der Waals surface area contributed by atoms with Crippen LogP contribution in [-0.4, -0.2) is 37.0 Å². The highest BCUT2D eigenvalue weighted by Crippen LogP contribution is 2.01. The van der Waals surface area contributed by atoms with Crippen molar-refractivity contribution in [1.29, 1.82) is 0 Å². The van der Waals surface area contributed by atoms with E-state index in [1.54, 1.807) is 0 Å². The van der Waals surface area contributed by atoms with E-state index in [1.807, 2.05) is 6.92 Å². The van der Waals surface area contributed by atoms with Crippen LogP contribution in [0.2, 0.25) is 0 Å². The minimum absolute atomic E-state index is 0.00116. The Hall–Kier alpha value is -0.120. The fraction of sp³-hybridized carbons (Fsp3) is 1.00. The minimum atomic E-state index is -0.00116. The number of aliphatic hydroxyl groups is 1. The van der Waals surface area contributed by atoms with Crippen molar-refractivity contribution >= 4 is 0 Å². The van der Waals surface area contributed by atoms with Crippen molar-refractivity contribution < 1.29 is 9.84 Å². The molecule has 0 spiro atoms. The molecule has 1 rings (SSSR count). The molecule has 1 aliphatic rings. The molecule has 0 aromatic heterocycles. The van der Waals surface area contributed by atoms with E-state index in [4.69, 9.17) is 9.84 Å². The van der Waals surface area contributed by atoms with E-state index >= 15 is 0 Å². The Balaban J connectivity index is 2.30. The van der Waals surface area contributed by atoms with E-state index in [2.05, 4.69) is 5.32 Å². The number of ether oxygens (including phenoxy) is 1. The normalized spacial score (nSPS) is 36.7. The van der Waals surface area contributed by atoms with Gasteiger partial charge in [0, 0.05) is 12.6 Å². The van der Waals surface area contributed by atoms with Crippen LogP contribution in [0, 0.1) is 0 Å². The molecule has 1 unspecified atom stereocenters. The zero-order chi connectivity index (χ0) is 6.69. The predicted molar refractivity (Wildman–Crippen MR) is 34.3 cm³/mol. The molecule has 0 aromatic rings. The molecule has 1 heterocycles. The Kier molecular flexibility index (Phi) is 2.45. The van der Waals surface area contributed by atoms with Crippen LogP contribution < -0.4 is 5.32 Å². The van der Waals surface area contributed by atoms with E-state index in [0.717, 1.165) is 13.2 Å². The molecule has 1 saturated heterocycles. The summed E-state index contributed by atoms with van der Waals surface area (Å²) >= 11 is 0. The molecule has 1 aliphatic heterocycles. The lowest BCUT2D eigenvalue weighted by Crippen LogP contribution is -2.48. The van der Waals surface area contributed by atoms with E-state index in [0.29, 0.717) is 6.04 Å². The SMILES string of the molecule is CC1NCCO[C@@H]1CO. The first-order valence-corrected chi connectivity index (χ1v) is 3.30. The number of hydrogen-bond donors (Lipinski definition) is 2. The molecular weight excluding hydrogens is 118 g/mol. The lowest BCUT2D eigenvalue weighted by molar-refractivity contribution is -0.0302. The summed E-state index contributed by atoms with van der Waals surface area (Å²) in [4.78, 5) is 0. The van der Waals surface area contributed by atoms with Gasteiger partial charge in [0.05, 0.1) is 19.3 Å². The lowest BCUT2D eigenvalue weighted by Gasteiger charge is -2.28. The van der Waals surface area contributed by atoms with Gasteiger partial charge in [0.1, 0.15) is 0 Å². The van der Waals surface area contributed by atoms with Gasteiger partial charge in [-0.3, -0.25) is 0 Å². The standard InChI is InChI=1S/C6H13NO2/c1-5-6(4-8)9-3-2-7-5/h5-8H,2-4H2,1H3/t5?,6-/m1/s1. The largest absolute Gasteiger partial charge is 0.394 e. The number of nitrogens with one attached hydrogen (secondary N) is 1. The van der Waals surface area contributed by atoms with Gasteiger partial charge in [-0.15, -0.1) is 0 Å². The fourth-order valence-electron chi connectivity index (χ4n) is 0.983. The van der Waals surface area contributed by atoms with Crippen molar-refractivity contribution in [2.24, 2.45) is 0 Å². The number of hydrogen-bond acceptors (Lipinski definition) is 3. The van der Waals surface area contributed by atoms with Gasteiger partial charge in [-0.2, -0.15) is 0 Å². The van der Waals surface area contributed by atoms with Crippen LogP contribution in [0.1, 0.15) is 6.92 Å². The maximum absolute atomic E-state index is 8.70. The Labute approximate surface area is 55.0 Å². The molecule has 1 fully saturated rings. The Morgan fingerprint density at radius 2 is 2.56 bits per heavy atom. The molecule has 9 heavy (non-hydrogen) atoms. The smallest absolute Gasteiger partial charge is 0.0956 e. The molecular formula is C6H13NO2. The average molecular weight is 131 g/mol. The van der Waals surface area contributed by atoms with Crippen molar-refractivity contribution in [1.82, 2.24) is 5.32 Å². The van der Waals surface area contributed by atoms with Crippen molar-refractivity contribution in [3.63, 3.8) is 0 Å². The highest BCUT2D eigenvalue weighted by molar-refractivity contribution is 4.75. The maximum atomic E-state index is 8.70. The second kappa shape index (κ2) is 3.15. The lowest BCUT2D eigenvalue weighted by atomic mass is 10.2. The van der Waals surface area contributed by atoms with Gasteiger partial charge in [-0.1, -0.05) is 0 Å². The molecule has 0 saturated carbocycles. The third-order valence-electron chi connectivity index (χ3n) is 1.64. The van der Waals surface area contributed by atoms with Crippen LogP contribution in [0.4, 0.5) is 0 Å². The number of rotatable bonds is 1. The van der Waals surface area contributed by atoms with Crippen LogP contribution in [0.25, 0.3) is 0 Å². The molecule has 0 bridgehead atoms. The van der Waals surface area contributed by atoms with E-state index < -0.39 is 0 Å². The van der Waals surface area contributed by atoms with Gasteiger partial charge in [0.15, 0.2) is 0 Å². The summed E-state index contributed by atoms with van der Waals surface area (Å²) in [5.74, 6) is 0. The van der Waals surface area contributed by atoms with Crippen LogP contribution in [0.5, 0.6) is 0 Å². The van der Waals surface area contributed by atoms with Gasteiger partial charge >= 0.3 is 0 Å². The summed E-state index contributed by atoms with van der Waals surface area (Å²) < 4.78 is 5.23. The van der Waals surface area contributed by atoms with Crippen LogP contribution in [0.15, 0.2) is 0 Å². The van der Waals surface area contributed by atoms with Gasteiger partial charge < -0.3 is 15.2 Å². The topological polar surface area (TPSA) is 41.5 Å². The molecule has 3 nitrogen and oxygen atoms in total. The van der Waals surface area contributed by atoms with Gasteiger partial charge in [0.25, 0.3) is 0 Å². The van der Waals surface area contributed by atoms with Crippen LogP contribution in [0.3, 0.4) is 0 Å². The van der Waals surface area contributed by atoms with Gasteiger partial charge in [0.2, 0.25) is 0 Å². The van der Waals surface area contributed by atoms with Crippen LogP contribution >= 0.6 is 0 Å². The molecule has 0 radical (unpaired) electrons. The van der Waals surface area contributed by atoms with Crippen molar-refractivity contribution in [2.45, 2.75) is 19.1 Å². The van der Waals surface area contributed by atoms with Crippen molar-refractivity contribution in [3.8, 4) is 0 Å². The van der Waals surface area contributed by atoms with Crippen molar-refractivity contribution in [3.05, 3.63) is 0 Å². The third-order valence-corrected chi connectivity index (χ3v) is 1.64. The van der Waals surface area contributed by atoms with Crippen LogP contribution in [-0.2, 0) is 4.74 Å². The number of aliphatic hydroxyl groups excluding tert-OH is 1.